The zero-order valence-corrected chi connectivity index (χ0v) is 17.1. The Kier molecular flexibility index (Phi) is 6.15. The summed E-state index contributed by atoms with van der Waals surface area (Å²) in [5, 5.41) is 1.01. The molecule has 140 valence electrons. The lowest BCUT2D eigenvalue weighted by Crippen LogP contribution is -2.04. The molecule has 28 heavy (non-hydrogen) atoms. The average Bonchev–Trinajstić information content (AvgIpc) is 2.66. The lowest BCUT2D eigenvalue weighted by Gasteiger charge is -2.04. The molecule has 0 radical (unpaired) electrons. The summed E-state index contributed by atoms with van der Waals surface area (Å²) in [7, 11) is -2.94. The smallest absolute Gasteiger partial charge is 0.266 e. The molecule has 0 fully saturated rings. The molecule has 0 saturated heterocycles. The van der Waals surface area contributed by atoms with Gasteiger partial charge in [0.25, 0.3) is 5.91 Å². The first-order chi connectivity index (χ1) is 13.3. The van der Waals surface area contributed by atoms with Crippen molar-refractivity contribution >= 4 is 38.8 Å². The van der Waals surface area contributed by atoms with Crippen LogP contribution >= 0.6 is 23.2 Å². The Hall–Kier alpha value is -2.65. The highest BCUT2D eigenvalue weighted by molar-refractivity contribution is 7.93. The molecule has 0 aliphatic heterocycles. The normalized spacial score (nSPS) is 12.4. The van der Waals surface area contributed by atoms with Crippen molar-refractivity contribution in [3.05, 3.63) is 93.7 Å². The van der Waals surface area contributed by atoms with Crippen LogP contribution in [0.25, 0.3) is 0 Å². The van der Waals surface area contributed by atoms with E-state index >= 15 is 0 Å². The Morgan fingerprint density at radius 2 is 1.64 bits per heavy atom. The summed E-state index contributed by atoms with van der Waals surface area (Å²) in [6.45, 7) is 0. The zero-order chi connectivity index (χ0) is 20.1. The summed E-state index contributed by atoms with van der Waals surface area (Å²) < 4.78 is 16.7. The van der Waals surface area contributed by atoms with Crippen LogP contribution in [0.3, 0.4) is 0 Å². The number of carbonyl (C=O) groups excluding carboxylic acids is 1. The Morgan fingerprint density at radius 3 is 2.36 bits per heavy atom. The van der Waals surface area contributed by atoms with Crippen molar-refractivity contribution in [3.63, 3.8) is 0 Å². The average molecular weight is 429 g/mol. The molecule has 0 saturated carbocycles. The van der Waals surface area contributed by atoms with Gasteiger partial charge in [-0.2, -0.15) is 4.36 Å². The van der Waals surface area contributed by atoms with Crippen molar-refractivity contribution in [1.82, 2.24) is 4.98 Å². The van der Waals surface area contributed by atoms with E-state index in [-0.39, 0.29) is 5.56 Å². The molecule has 0 aliphatic rings. The fourth-order valence-electron chi connectivity index (χ4n) is 2.30. The van der Waals surface area contributed by atoms with E-state index in [1.807, 2.05) is 6.07 Å². The van der Waals surface area contributed by atoms with Crippen LogP contribution in [0.15, 0.2) is 76.2 Å². The van der Waals surface area contributed by atoms with Gasteiger partial charge >= 0.3 is 0 Å². The molecule has 3 rings (SSSR count). The minimum atomic E-state index is -2.94. The summed E-state index contributed by atoms with van der Waals surface area (Å²) >= 11 is 11.9. The van der Waals surface area contributed by atoms with Gasteiger partial charge < -0.3 is 0 Å². The highest BCUT2D eigenvalue weighted by Crippen LogP contribution is 2.18. The third kappa shape index (κ3) is 5.20. The van der Waals surface area contributed by atoms with Gasteiger partial charge in [-0.25, -0.2) is 4.21 Å². The molecule has 1 aromatic heterocycles. The van der Waals surface area contributed by atoms with E-state index < -0.39 is 15.6 Å². The summed E-state index contributed by atoms with van der Waals surface area (Å²) in [6.07, 6.45) is 4.30. The lowest BCUT2D eigenvalue weighted by molar-refractivity contribution is 0.100. The second-order valence-corrected chi connectivity index (χ2v) is 9.01. The Morgan fingerprint density at radius 1 is 0.964 bits per heavy atom. The summed E-state index contributed by atoms with van der Waals surface area (Å²) in [6, 6.07) is 15.2. The van der Waals surface area contributed by atoms with Gasteiger partial charge in [0.15, 0.2) is 0 Å². The number of carbonyl (C=O) groups is 1. The van der Waals surface area contributed by atoms with Crippen molar-refractivity contribution in [2.75, 3.05) is 6.26 Å². The van der Waals surface area contributed by atoms with Crippen LogP contribution in [0.5, 0.6) is 0 Å². The van der Waals surface area contributed by atoms with Gasteiger partial charge in [0.2, 0.25) is 0 Å². The first kappa shape index (κ1) is 20.1. The van der Waals surface area contributed by atoms with Crippen LogP contribution in [0, 0.1) is 11.8 Å². The maximum Gasteiger partial charge on any atom is 0.286 e. The van der Waals surface area contributed by atoms with Gasteiger partial charge in [-0.15, -0.1) is 0 Å². The molecular formula is C21H14Cl2N2O2S. The van der Waals surface area contributed by atoms with Gasteiger partial charge in [-0.1, -0.05) is 47.2 Å². The quantitative estimate of drug-likeness (QED) is 0.534. The fraction of sp³-hybridized carbons (Fsp3) is 0.0476. The SMILES string of the molecule is CS(=O)(=NC(=O)c1cncc(C#Cc2cccc(Cl)c2)c1)c1cccc(Cl)c1. The molecule has 7 heteroatoms. The van der Waals surface area contributed by atoms with E-state index in [4.69, 9.17) is 23.2 Å². The molecule has 2 aromatic carbocycles. The minimum Gasteiger partial charge on any atom is -0.266 e. The van der Waals surface area contributed by atoms with Crippen molar-refractivity contribution in [2.45, 2.75) is 4.90 Å². The van der Waals surface area contributed by atoms with Gasteiger partial charge in [-0.05, 0) is 42.5 Å². The molecule has 0 spiro atoms. The van der Waals surface area contributed by atoms with E-state index in [2.05, 4.69) is 21.2 Å². The van der Waals surface area contributed by atoms with Crippen LogP contribution in [-0.2, 0) is 9.73 Å². The van der Waals surface area contributed by atoms with E-state index in [0.717, 1.165) is 5.56 Å². The van der Waals surface area contributed by atoms with Crippen molar-refractivity contribution < 1.29 is 9.00 Å². The lowest BCUT2D eigenvalue weighted by atomic mass is 10.1. The highest BCUT2D eigenvalue weighted by Gasteiger charge is 2.12. The van der Waals surface area contributed by atoms with E-state index in [1.54, 1.807) is 42.5 Å². The molecule has 0 aliphatic carbocycles. The molecule has 3 aromatic rings. The summed E-state index contributed by atoms with van der Waals surface area (Å²) in [5.41, 5.74) is 1.48. The summed E-state index contributed by atoms with van der Waals surface area (Å²) in [5.74, 6) is 5.26. The van der Waals surface area contributed by atoms with Gasteiger partial charge in [-0.3, -0.25) is 9.78 Å². The third-order valence-corrected chi connectivity index (χ3v) is 5.76. The zero-order valence-electron chi connectivity index (χ0n) is 14.7. The monoisotopic (exact) mass is 428 g/mol. The second-order valence-electron chi connectivity index (χ2n) is 5.88. The number of aromatic nitrogens is 1. The summed E-state index contributed by atoms with van der Waals surface area (Å²) in [4.78, 5) is 16.9. The first-order valence-electron chi connectivity index (χ1n) is 8.08. The van der Waals surface area contributed by atoms with Crippen molar-refractivity contribution in [3.8, 4) is 11.8 Å². The molecule has 1 amide bonds. The molecular weight excluding hydrogens is 415 g/mol. The minimum absolute atomic E-state index is 0.203. The number of rotatable bonds is 2. The predicted molar refractivity (Wildman–Crippen MR) is 112 cm³/mol. The number of hydrogen-bond donors (Lipinski definition) is 0. The predicted octanol–water partition coefficient (Wildman–Crippen LogP) is 5.09. The Balaban J connectivity index is 1.90. The third-order valence-electron chi connectivity index (χ3n) is 3.65. The van der Waals surface area contributed by atoms with Gasteiger partial charge in [0, 0.05) is 44.7 Å². The topological polar surface area (TPSA) is 59.4 Å². The van der Waals surface area contributed by atoms with Crippen LogP contribution in [-0.4, -0.2) is 21.4 Å². The fourth-order valence-corrected chi connectivity index (χ4v) is 3.95. The number of pyridine rings is 1. The van der Waals surface area contributed by atoms with Crippen LogP contribution in [0.2, 0.25) is 10.0 Å². The van der Waals surface area contributed by atoms with E-state index in [9.17, 15) is 9.00 Å². The molecule has 4 nitrogen and oxygen atoms in total. The first-order valence-corrected chi connectivity index (χ1v) is 10.8. The van der Waals surface area contributed by atoms with Crippen LogP contribution in [0.1, 0.15) is 21.5 Å². The molecule has 1 unspecified atom stereocenters. The molecule has 0 N–H and O–H groups in total. The van der Waals surface area contributed by atoms with Crippen LogP contribution in [0.4, 0.5) is 0 Å². The number of amides is 1. The Labute approximate surface area is 173 Å². The van der Waals surface area contributed by atoms with Gasteiger partial charge in [0.05, 0.1) is 15.3 Å². The maximum atomic E-state index is 12.8. The number of benzene rings is 2. The molecule has 1 heterocycles. The van der Waals surface area contributed by atoms with Gasteiger partial charge in [0.1, 0.15) is 0 Å². The Bertz CT molecular complexity index is 1240. The van der Waals surface area contributed by atoms with Crippen molar-refractivity contribution in [1.29, 1.82) is 0 Å². The largest absolute Gasteiger partial charge is 0.286 e. The van der Waals surface area contributed by atoms with E-state index in [0.29, 0.717) is 20.5 Å². The number of hydrogen-bond acceptors (Lipinski definition) is 3. The highest BCUT2D eigenvalue weighted by atomic mass is 35.5. The molecule has 0 bridgehead atoms. The number of nitrogens with zero attached hydrogens (tertiary/aromatic N) is 2. The van der Waals surface area contributed by atoms with E-state index in [1.165, 1.54) is 24.7 Å². The van der Waals surface area contributed by atoms with Crippen molar-refractivity contribution in [2.24, 2.45) is 4.36 Å². The number of halogens is 2. The maximum absolute atomic E-state index is 12.8. The second kappa shape index (κ2) is 8.57. The van der Waals surface area contributed by atoms with Crippen LogP contribution < -0.4 is 0 Å². The standard InChI is InChI=1S/C21H14Cl2N2O2S/c1-28(27,20-7-3-6-19(23)12-20)25-21(26)17-10-16(13-24-14-17)9-8-15-4-2-5-18(22)11-15/h2-7,10-14H,1H3. The molecule has 1 atom stereocenters.